The molecule has 0 heterocycles. The van der Waals surface area contributed by atoms with Gasteiger partial charge in [-0.3, -0.25) is 4.79 Å². The molecule has 5 nitrogen and oxygen atoms in total. The monoisotopic (exact) mass is 349 g/mol. The second kappa shape index (κ2) is 6.41. The topological polar surface area (TPSA) is 75.6 Å². The summed E-state index contributed by atoms with van der Waals surface area (Å²) in [5.74, 6) is -0.978. The molecule has 6 heteroatoms. The van der Waals surface area contributed by atoms with Crippen molar-refractivity contribution in [2.45, 2.75) is 0 Å². The lowest BCUT2D eigenvalue weighted by Crippen LogP contribution is -2.15. The average Bonchev–Trinajstić information content (AvgIpc) is 2.49. The van der Waals surface area contributed by atoms with E-state index in [0.717, 1.165) is 0 Å². The first-order valence-electron chi connectivity index (χ1n) is 6.00. The number of methoxy groups -OCH3 is 1. The van der Waals surface area contributed by atoms with Crippen LogP contribution in [0.15, 0.2) is 46.9 Å². The highest BCUT2D eigenvalue weighted by Crippen LogP contribution is 2.27. The number of rotatable bonds is 4. The number of carbonyl (C=O) groups is 2. The van der Waals surface area contributed by atoms with E-state index in [-0.39, 0.29) is 11.3 Å². The van der Waals surface area contributed by atoms with Crippen LogP contribution in [0.5, 0.6) is 5.75 Å². The zero-order chi connectivity index (χ0) is 15.4. The van der Waals surface area contributed by atoms with Crippen molar-refractivity contribution in [1.82, 2.24) is 0 Å². The highest BCUT2D eigenvalue weighted by atomic mass is 79.9. The Morgan fingerprint density at radius 3 is 2.57 bits per heavy atom. The molecule has 2 rings (SSSR count). The Morgan fingerprint density at radius 1 is 1.19 bits per heavy atom. The van der Waals surface area contributed by atoms with Crippen molar-refractivity contribution in [1.29, 1.82) is 0 Å². The van der Waals surface area contributed by atoms with Crippen molar-refractivity contribution in [3.8, 4) is 5.75 Å². The third-order valence-electron chi connectivity index (χ3n) is 2.81. The predicted octanol–water partition coefficient (Wildman–Crippen LogP) is 3.41. The normalized spacial score (nSPS) is 10.0. The molecule has 0 bridgehead atoms. The number of carboxylic acid groups (broad SMARTS) is 1. The fourth-order valence-electron chi connectivity index (χ4n) is 1.78. The second-order valence-electron chi connectivity index (χ2n) is 4.15. The van der Waals surface area contributed by atoms with E-state index in [0.29, 0.717) is 15.8 Å². The molecular formula is C15H12BrNO4. The van der Waals surface area contributed by atoms with Crippen molar-refractivity contribution in [3.05, 3.63) is 58.1 Å². The first-order chi connectivity index (χ1) is 10.0. The maximum Gasteiger partial charge on any atom is 0.337 e. The zero-order valence-corrected chi connectivity index (χ0v) is 12.7. The lowest BCUT2D eigenvalue weighted by Gasteiger charge is -2.11. The summed E-state index contributed by atoms with van der Waals surface area (Å²) in [5.41, 5.74) is 0.611. The number of benzene rings is 2. The van der Waals surface area contributed by atoms with E-state index in [1.54, 1.807) is 36.4 Å². The summed E-state index contributed by atoms with van der Waals surface area (Å²) in [7, 11) is 1.51. The van der Waals surface area contributed by atoms with Gasteiger partial charge in [0.05, 0.1) is 18.4 Å². The molecule has 2 N–H and O–H groups in total. The van der Waals surface area contributed by atoms with Crippen molar-refractivity contribution in [3.63, 3.8) is 0 Å². The van der Waals surface area contributed by atoms with Gasteiger partial charge in [-0.1, -0.05) is 12.1 Å². The van der Waals surface area contributed by atoms with Gasteiger partial charge in [0, 0.05) is 10.0 Å². The minimum atomic E-state index is -1.11. The van der Waals surface area contributed by atoms with Gasteiger partial charge in [0.25, 0.3) is 5.91 Å². The molecule has 0 saturated heterocycles. The summed E-state index contributed by atoms with van der Waals surface area (Å²) in [6.07, 6.45) is 0. The van der Waals surface area contributed by atoms with E-state index < -0.39 is 11.9 Å². The van der Waals surface area contributed by atoms with Crippen LogP contribution in [0, 0.1) is 0 Å². The van der Waals surface area contributed by atoms with Crippen molar-refractivity contribution in [2.75, 3.05) is 12.4 Å². The van der Waals surface area contributed by atoms with Gasteiger partial charge < -0.3 is 15.2 Å². The summed E-state index contributed by atoms with van der Waals surface area (Å²) in [5, 5.41) is 11.8. The molecule has 0 aliphatic carbocycles. The van der Waals surface area contributed by atoms with Gasteiger partial charge in [-0.15, -0.1) is 0 Å². The van der Waals surface area contributed by atoms with Crippen LogP contribution >= 0.6 is 15.9 Å². The summed E-state index contributed by atoms with van der Waals surface area (Å²) < 4.78 is 5.56. The molecule has 0 aliphatic rings. The molecule has 0 radical (unpaired) electrons. The van der Waals surface area contributed by atoms with Gasteiger partial charge in [0.1, 0.15) is 5.75 Å². The fourth-order valence-corrected chi connectivity index (χ4v) is 2.24. The molecule has 0 saturated carbocycles. The zero-order valence-electron chi connectivity index (χ0n) is 11.1. The highest BCUT2D eigenvalue weighted by Gasteiger charge is 2.16. The number of para-hydroxylation sites is 1. The van der Waals surface area contributed by atoms with Crippen LogP contribution in [0.2, 0.25) is 0 Å². The molecule has 2 aromatic carbocycles. The predicted molar refractivity (Wildman–Crippen MR) is 82.0 cm³/mol. The Morgan fingerprint density at radius 2 is 1.90 bits per heavy atom. The second-order valence-corrected chi connectivity index (χ2v) is 5.01. The maximum atomic E-state index is 12.2. The van der Waals surface area contributed by atoms with Gasteiger partial charge >= 0.3 is 5.97 Å². The van der Waals surface area contributed by atoms with E-state index in [2.05, 4.69) is 21.2 Å². The Labute approximate surface area is 129 Å². The van der Waals surface area contributed by atoms with E-state index in [4.69, 9.17) is 9.84 Å². The SMILES string of the molecule is COc1cccc(C(=O)Nc2c(Br)cccc2C(=O)O)c1. The third-order valence-corrected chi connectivity index (χ3v) is 3.48. The van der Waals surface area contributed by atoms with Crippen LogP contribution in [0.25, 0.3) is 0 Å². The first-order valence-corrected chi connectivity index (χ1v) is 6.79. The Balaban J connectivity index is 2.33. The summed E-state index contributed by atoms with van der Waals surface area (Å²) in [6, 6.07) is 11.3. The van der Waals surface area contributed by atoms with Gasteiger partial charge in [-0.2, -0.15) is 0 Å². The summed E-state index contributed by atoms with van der Waals surface area (Å²) in [6.45, 7) is 0. The Bertz CT molecular complexity index is 700. The molecular weight excluding hydrogens is 338 g/mol. The molecule has 21 heavy (non-hydrogen) atoms. The van der Waals surface area contributed by atoms with E-state index in [1.165, 1.54) is 13.2 Å². The highest BCUT2D eigenvalue weighted by molar-refractivity contribution is 9.10. The number of halogens is 1. The van der Waals surface area contributed by atoms with E-state index >= 15 is 0 Å². The number of hydrogen-bond acceptors (Lipinski definition) is 3. The lowest BCUT2D eigenvalue weighted by molar-refractivity contribution is 0.0698. The molecule has 0 spiro atoms. The number of ether oxygens (including phenoxy) is 1. The quantitative estimate of drug-likeness (QED) is 0.886. The molecule has 0 aromatic heterocycles. The van der Waals surface area contributed by atoms with Gasteiger partial charge in [-0.05, 0) is 46.3 Å². The van der Waals surface area contributed by atoms with Crippen LogP contribution in [-0.2, 0) is 0 Å². The van der Waals surface area contributed by atoms with Gasteiger partial charge in [-0.25, -0.2) is 4.79 Å². The molecule has 108 valence electrons. The molecule has 0 fully saturated rings. The number of amides is 1. The molecule has 0 unspecified atom stereocenters. The Kier molecular flexibility index (Phi) is 4.59. The van der Waals surface area contributed by atoms with Gasteiger partial charge in [0.15, 0.2) is 0 Å². The summed E-state index contributed by atoms with van der Waals surface area (Å²) in [4.78, 5) is 23.4. The van der Waals surface area contributed by atoms with Gasteiger partial charge in [0.2, 0.25) is 0 Å². The standard InChI is InChI=1S/C15H12BrNO4/c1-21-10-5-2-4-9(8-10)14(18)17-13-11(15(19)20)6-3-7-12(13)16/h2-8H,1H3,(H,17,18)(H,19,20). The number of carboxylic acids is 1. The summed E-state index contributed by atoms with van der Waals surface area (Å²) >= 11 is 3.24. The Hall–Kier alpha value is -2.34. The number of carbonyl (C=O) groups excluding carboxylic acids is 1. The molecule has 2 aromatic rings. The number of anilines is 1. The minimum absolute atomic E-state index is 0.0145. The van der Waals surface area contributed by atoms with Crippen LogP contribution in [-0.4, -0.2) is 24.1 Å². The minimum Gasteiger partial charge on any atom is -0.497 e. The van der Waals surface area contributed by atoms with E-state index in [9.17, 15) is 9.59 Å². The van der Waals surface area contributed by atoms with Crippen molar-refractivity contribution >= 4 is 33.5 Å². The molecule has 0 aliphatic heterocycles. The van der Waals surface area contributed by atoms with Crippen LogP contribution in [0.4, 0.5) is 5.69 Å². The maximum absolute atomic E-state index is 12.2. The smallest absolute Gasteiger partial charge is 0.337 e. The number of nitrogens with one attached hydrogen (secondary N) is 1. The van der Waals surface area contributed by atoms with Crippen molar-refractivity contribution < 1.29 is 19.4 Å². The molecule has 1 amide bonds. The molecule has 0 atom stereocenters. The van der Waals surface area contributed by atoms with E-state index in [1.807, 2.05) is 0 Å². The number of hydrogen-bond donors (Lipinski definition) is 2. The first kappa shape index (κ1) is 15.1. The number of aromatic carboxylic acids is 1. The third kappa shape index (κ3) is 3.41. The largest absolute Gasteiger partial charge is 0.497 e. The van der Waals surface area contributed by atoms with Crippen molar-refractivity contribution in [2.24, 2.45) is 0 Å². The van der Waals surface area contributed by atoms with Crippen LogP contribution < -0.4 is 10.1 Å². The fraction of sp³-hybridized carbons (Fsp3) is 0.0667. The van der Waals surface area contributed by atoms with Crippen LogP contribution in [0.3, 0.4) is 0 Å². The lowest BCUT2D eigenvalue weighted by atomic mass is 10.1. The average molecular weight is 350 g/mol. The van der Waals surface area contributed by atoms with Crippen LogP contribution in [0.1, 0.15) is 20.7 Å².